The highest BCUT2D eigenvalue weighted by atomic mass is 16.5. The minimum Gasteiger partial charge on any atom is -0.452 e. The molecule has 2 aromatic rings. The fourth-order valence-electron chi connectivity index (χ4n) is 3.39. The number of fused-ring (bicyclic) bond motifs is 1. The summed E-state index contributed by atoms with van der Waals surface area (Å²) in [6.45, 7) is 6.82. The first-order valence-electron chi connectivity index (χ1n) is 9.11. The van der Waals surface area contributed by atoms with Crippen molar-refractivity contribution in [2.24, 2.45) is 0 Å². The molecule has 2 aromatic heterocycles. The Balaban J connectivity index is 1.66. The summed E-state index contributed by atoms with van der Waals surface area (Å²) >= 11 is 0. The van der Waals surface area contributed by atoms with Gasteiger partial charge in [-0.2, -0.15) is 10.1 Å². The fraction of sp³-hybridized carbons (Fsp3) is 0.611. The van der Waals surface area contributed by atoms with E-state index >= 15 is 0 Å². The van der Waals surface area contributed by atoms with Gasteiger partial charge in [0.2, 0.25) is 0 Å². The second-order valence-electron chi connectivity index (χ2n) is 6.78. The molecule has 1 saturated heterocycles. The predicted molar refractivity (Wildman–Crippen MR) is 94.6 cm³/mol. The molecule has 0 radical (unpaired) electrons. The van der Waals surface area contributed by atoms with Crippen LogP contribution in [0.1, 0.15) is 49.6 Å². The van der Waals surface area contributed by atoms with E-state index in [0.717, 1.165) is 50.0 Å². The molecule has 1 amide bonds. The minimum atomic E-state index is -0.774. The van der Waals surface area contributed by atoms with Gasteiger partial charge in [-0.25, -0.2) is 9.50 Å². The molecule has 8 heteroatoms. The Morgan fingerprint density at radius 1 is 1.19 bits per heavy atom. The third-order valence-corrected chi connectivity index (χ3v) is 4.88. The van der Waals surface area contributed by atoms with Gasteiger partial charge in [-0.1, -0.05) is 12.8 Å². The first-order valence-corrected chi connectivity index (χ1v) is 9.11. The number of carbonyl (C=O) groups excluding carboxylic acids is 2. The molecule has 0 aromatic carbocycles. The zero-order valence-electron chi connectivity index (χ0n) is 15.6. The second kappa shape index (κ2) is 7.80. The first-order chi connectivity index (χ1) is 12.5. The molecule has 0 bridgehead atoms. The van der Waals surface area contributed by atoms with Gasteiger partial charge in [0, 0.05) is 30.0 Å². The van der Waals surface area contributed by atoms with Crippen molar-refractivity contribution in [3.63, 3.8) is 0 Å². The quantitative estimate of drug-likeness (QED) is 0.771. The highest BCUT2D eigenvalue weighted by molar-refractivity contribution is 5.84. The van der Waals surface area contributed by atoms with Gasteiger partial charge in [-0.15, -0.1) is 0 Å². The molecule has 1 aliphatic rings. The lowest BCUT2D eigenvalue weighted by atomic mass is 10.1. The maximum absolute atomic E-state index is 12.5. The van der Waals surface area contributed by atoms with E-state index in [9.17, 15) is 9.59 Å². The third kappa shape index (κ3) is 3.84. The number of nitrogens with zero attached hydrogens (tertiary/aromatic N) is 5. The number of aromatic nitrogens is 4. The van der Waals surface area contributed by atoms with Crippen LogP contribution in [0.3, 0.4) is 0 Å². The highest BCUT2D eigenvalue weighted by Crippen LogP contribution is 2.16. The molecule has 3 rings (SSSR count). The Labute approximate surface area is 152 Å². The van der Waals surface area contributed by atoms with Crippen LogP contribution in [0.4, 0.5) is 0 Å². The molecule has 0 N–H and O–H groups in total. The van der Waals surface area contributed by atoms with Gasteiger partial charge < -0.3 is 9.64 Å². The number of likely N-dealkylation sites (tertiary alicyclic amines) is 1. The van der Waals surface area contributed by atoms with Crippen LogP contribution in [0.25, 0.3) is 5.78 Å². The van der Waals surface area contributed by atoms with E-state index in [1.54, 1.807) is 11.4 Å². The van der Waals surface area contributed by atoms with E-state index < -0.39 is 12.1 Å². The zero-order valence-corrected chi connectivity index (χ0v) is 15.6. The first kappa shape index (κ1) is 18.3. The summed E-state index contributed by atoms with van der Waals surface area (Å²) < 4.78 is 7.01. The number of esters is 1. The molecule has 8 nitrogen and oxygen atoms in total. The van der Waals surface area contributed by atoms with Gasteiger partial charge in [0.15, 0.2) is 6.10 Å². The Morgan fingerprint density at radius 2 is 1.88 bits per heavy atom. The second-order valence-corrected chi connectivity index (χ2v) is 6.78. The van der Waals surface area contributed by atoms with Crippen molar-refractivity contribution < 1.29 is 14.3 Å². The van der Waals surface area contributed by atoms with Crippen molar-refractivity contribution in [2.45, 2.75) is 59.0 Å². The van der Waals surface area contributed by atoms with E-state index in [-0.39, 0.29) is 12.3 Å². The summed E-state index contributed by atoms with van der Waals surface area (Å²) in [4.78, 5) is 35.1. The van der Waals surface area contributed by atoms with Gasteiger partial charge >= 0.3 is 5.97 Å². The molecule has 0 aliphatic carbocycles. The maximum Gasteiger partial charge on any atom is 0.311 e. The van der Waals surface area contributed by atoms with Crippen molar-refractivity contribution in [3.8, 4) is 0 Å². The lowest BCUT2D eigenvalue weighted by molar-refractivity contribution is -0.158. The van der Waals surface area contributed by atoms with Crippen molar-refractivity contribution >= 4 is 17.7 Å². The van der Waals surface area contributed by atoms with Crippen LogP contribution in [-0.2, 0) is 20.7 Å². The van der Waals surface area contributed by atoms with Crippen LogP contribution in [0, 0.1) is 13.8 Å². The Kier molecular flexibility index (Phi) is 5.49. The summed E-state index contributed by atoms with van der Waals surface area (Å²) in [6, 6.07) is 0. The lowest BCUT2D eigenvalue weighted by Gasteiger charge is -2.24. The van der Waals surface area contributed by atoms with E-state index in [0.29, 0.717) is 11.5 Å². The van der Waals surface area contributed by atoms with Crippen molar-refractivity contribution in [1.82, 2.24) is 24.5 Å². The molecule has 3 heterocycles. The van der Waals surface area contributed by atoms with Gasteiger partial charge in [0.1, 0.15) is 6.33 Å². The average molecular weight is 359 g/mol. The molecule has 1 aliphatic heterocycles. The molecule has 140 valence electrons. The monoisotopic (exact) mass is 359 g/mol. The fourth-order valence-corrected chi connectivity index (χ4v) is 3.39. The third-order valence-electron chi connectivity index (χ3n) is 4.88. The Morgan fingerprint density at radius 3 is 2.58 bits per heavy atom. The largest absolute Gasteiger partial charge is 0.452 e. The summed E-state index contributed by atoms with van der Waals surface area (Å²) in [7, 11) is 0. The van der Waals surface area contributed by atoms with Crippen LogP contribution in [-0.4, -0.2) is 55.6 Å². The average Bonchev–Trinajstić information content (AvgIpc) is 2.90. The van der Waals surface area contributed by atoms with Crippen LogP contribution in [0.2, 0.25) is 0 Å². The SMILES string of the molecule is Cc1nc2ncnn2c(C)c1CC(=O)O[C@@H](C)C(=O)N1CCCCCC1. The minimum absolute atomic E-state index is 0.0537. The van der Waals surface area contributed by atoms with Gasteiger partial charge in [0.25, 0.3) is 11.7 Å². The maximum atomic E-state index is 12.5. The number of amides is 1. The number of carbonyl (C=O) groups is 2. The molecular formula is C18H25N5O3. The number of hydrogen-bond donors (Lipinski definition) is 0. The zero-order chi connectivity index (χ0) is 18.7. The molecule has 0 saturated carbocycles. The van der Waals surface area contributed by atoms with E-state index in [1.807, 2.05) is 18.7 Å². The topological polar surface area (TPSA) is 89.7 Å². The van der Waals surface area contributed by atoms with Crippen LogP contribution < -0.4 is 0 Å². The number of rotatable bonds is 4. The van der Waals surface area contributed by atoms with Crippen LogP contribution in [0.5, 0.6) is 0 Å². The molecule has 26 heavy (non-hydrogen) atoms. The van der Waals surface area contributed by atoms with E-state index in [2.05, 4.69) is 15.1 Å². The Hall–Kier alpha value is -2.51. The molecule has 1 atom stereocenters. The lowest BCUT2D eigenvalue weighted by Crippen LogP contribution is -2.40. The van der Waals surface area contributed by atoms with Gasteiger partial charge in [-0.05, 0) is 33.6 Å². The number of hydrogen-bond acceptors (Lipinski definition) is 6. The molecule has 0 spiro atoms. The van der Waals surface area contributed by atoms with E-state index in [1.165, 1.54) is 6.33 Å². The highest BCUT2D eigenvalue weighted by Gasteiger charge is 2.25. The number of ether oxygens (including phenoxy) is 1. The van der Waals surface area contributed by atoms with Crippen LogP contribution >= 0.6 is 0 Å². The van der Waals surface area contributed by atoms with Crippen molar-refractivity contribution in [3.05, 3.63) is 23.3 Å². The van der Waals surface area contributed by atoms with Crippen LogP contribution in [0.15, 0.2) is 6.33 Å². The van der Waals surface area contributed by atoms with Gasteiger partial charge in [0.05, 0.1) is 6.42 Å². The molecule has 0 unspecified atom stereocenters. The predicted octanol–water partition coefficient (Wildman–Crippen LogP) is 1.62. The molecular weight excluding hydrogens is 334 g/mol. The van der Waals surface area contributed by atoms with Crippen molar-refractivity contribution in [1.29, 1.82) is 0 Å². The number of aryl methyl sites for hydroxylation is 2. The summed E-state index contributed by atoms with van der Waals surface area (Å²) in [5.41, 5.74) is 2.27. The van der Waals surface area contributed by atoms with Gasteiger partial charge in [-0.3, -0.25) is 9.59 Å². The summed E-state index contributed by atoms with van der Waals surface area (Å²) in [6.07, 6.45) is 5.02. The Bertz CT molecular complexity index is 809. The summed E-state index contributed by atoms with van der Waals surface area (Å²) in [5.74, 6) is -0.0477. The summed E-state index contributed by atoms with van der Waals surface area (Å²) in [5, 5.41) is 4.12. The molecule has 1 fully saturated rings. The normalized spacial score (nSPS) is 16.3. The van der Waals surface area contributed by atoms with E-state index in [4.69, 9.17) is 4.74 Å². The smallest absolute Gasteiger partial charge is 0.311 e. The van der Waals surface area contributed by atoms with Crippen molar-refractivity contribution in [2.75, 3.05) is 13.1 Å². The standard InChI is InChI=1S/C18H25N5O3/c1-12-15(13(2)23-18(21-12)19-11-20-23)10-16(24)26-14(3)17(25)22-8-6-4-5-7-9-22/h11,14H,4-10H2,1-3H3/t14-/m0/s1.